The Morgan fingerprint density at radius 2 is 2.15 bits per heavy atom. The van der Waals surface area contributed by atoms with Crippen LogP contribution in [0.3, 0.4) is 0 Å². The molecule has 13 heavy (non-hydrogen) atoms. The quantitative estimate of drug-likeness (QED) is 0.494. The summed E-state index contributed by atoms with van der Waals surface area (Å²) in [5.41, 5.74) is 0. The molecular weight excluding hydrogens is 168 g/mol. The topological polar surface area (TPSA) is 35.5 Å². The van der Waals surface area contributed by atoms with Gasteiger partial charge in [-0.1, -0.05) is 6.58 Å². The van der Waals surface area contributed by atoms with E-state index in [0.29, 0.717) is 0 Å². The second kappa shape index (κ2) is 5.02. The fourth-order valence-electron chi connectivity index (χ4n) is 1.64. The zero-order valence-electron chi connectivity index (χ0n) is 7.99. The molecule has 0 aliphatic heterocycles. The Hall–Kier alpha value is -0.830. The molecule has 3 nitrogen and oxygen atoms in total. The van der Waals surface area contributed by atoms with Crippen molar-refractivity contribution in [2.45, 2.75) is 37.9 Å². The average molecular weight is 184 g/mol. The predicted octanol–water partition coefficient (Wildman–Crippen LogP) is 1.67. The summed E-state index contributed by atoms with van der Waals surface area (Å²) in [6.07, 6.45) is 5.36. The number of carbonyl (C=O) groups is 1. The molecule has 0 radical (unpaired) electrons. The van der Waals surface area contributed by atoms with Gasteiger partial charge in [0.2, 0.25) is 0 Å². The molecule has 74 valence electrons. The van der Waals surface area contributed by atoms with E-state index < -0.39 is 0 Å². The monoisotopic (exact) mass is 184 g/mol. The molecule has 0 N–H and O–H groups in total. The van der Waals surface area contributed by atoms with E-state index in [-0.39, 0.29) is 18.2 Å². The Morgan fingerprint density at radius 1 is 1.46 bits per heavy atom. The summed E-state index contributed by atoms with van der Waals surface area (Å²) in [4.78, 5) is 10.9. The summed E-state index contributed by atoms with van der Waals surface area (Å²) < 4.78 is 10.4. The van der Waals surface area contributed by atoms with Crippen molar-refractivity contribution in [1.29, 1.82) is 0 Å². The Labute approximate surface area is 78.7 Å². The Morgan fingerprint density at radius 3 is 2.77 bits per heavy atom. The van der Waals surface area contributed by atoms with E-state index in [1.807, 2.05) is 0 Å². The molecular formula is C10H16O3. The van der Waals surface area contributed by atoms with Gasteiger partial charge in [0.25, 0.3) is 0 Å². The SMILES string of the molecule is C=CC(=O)OC1CCCC(OC)C1. The van der Waals surface area contributed by atoms with Crippen LogP contribution in [0.4, 0.5) is 0 Å². The summed E-state index contributed by atoms with van der Waals surface area (Å²) in [5.74, 6) is -0.332. The van der Waals surface area contributed by atoms with Crippen molar-refractivity contribution >= 4 is 5.97 Å². The number of ether oxygens (including phenoxy) is 2. The number of esters is 1. The Bertz CT molecular complexity index is 189. The summed E-state index contributed by atoms with van der Waals surface area (Å²) in [6, 6.07) is 0. The van der Waals surface area contributed by atoms with Gasteiger partial charge in [-0.05, 0) is 19.3 Å². The molecule has 0 aromatic carbocycles. The van der Waals surface area contributed by atoms with Crippen molar-refractivity contribution in [3.63, 3.8) is 0 Å². The molecule has 1 fully saturated rings. The van der Waals surface area contributed by atoms with Crippen molar-refractivity contribution < 1.29 is 14.3 Å². The van der Waals surface area contributed by atoms with Crippen LogP contribution in [-0.2, 0) is 14.3 Å². The lowest BCUT2D eigenvalue weighted by Crippen LogP contribution is -2.28. The maximum Gasteiger partial charge on any atom is 0.330 e. The van der Waals surface area contributed by atoms with Gasteiger partial charge in [0, 0.05) is 19.6 Å². The van der Waals surface area contributed by atoms with Crippen LogP contribution in [0, 0.1) is 0 Å². The second-order valence-corrected chi connectivity index (χ2v) is 3.29. The molecule has 0 spiro atoms. The van der Waals surface area contributed by atoms with Crippen molar-refractivity contribution in [3.05, 3.63) is 12.7 Å². The first-order chi connectivity index (χ1) is 6.26. The minimum Gasteiger partial charge on any atom is -0.459 e. The van der Waals surface area contributed by atoms with Crippen molar-refractivity contribution in [1.82, 2.24) is 0 Å². The molecule has 0 saturated heterocycles. The van der Waals surface area contributed by atoms with Crippen molar-refractivity contribution in [2.75, 3.05) is 7.11 Å². The molecule has 1 saturated carbocycles. The van der Waals surface area contributed by atoms with E-state index in [0.717, 1.165) is 25.7 Å². The number of carbonyl (C=O) groups excluding carboxylic acids is 1. The minimum absolute atomic E-state index is 0.0178. The van der Waals surface area contributed by atoms with E-state index in [4.69, 9.17) is 9.47 Å². The molecule has 0 amide bonds. The van der Waals surface area contributed by atoms with Crippen molar-refractivity contribution in [3.8, 4) is 0 Å². The predicted molar refractivity (Wildman–Crippen MR) is 49.3 cm³/mol. The third-order valence-corrected chi connectivity index (χ3v) is 2.36. The summed E-state index contributed by atoms with van der Waals surface area (Å²) in [5, 5.41) is 0. The lowest BCUT2D eigenvalue weighted by atomic mass is 9.95. The van der Waals surface area contributed by atoms with Gasteiger partial charge in [-0.3, -0.25) is 0 Å². The highest BCUT2D eigenvalue weighted by Crippen LogP contribution is 2.23. The summed E-state index contributed by atoms with van der Waals surface area (Å²) >= 11 is 0. The molecule has 1 aliphatic rings. The van der Waals surface area contributed by atoms with Crippen LogP contribution in [0.15, 0.2) is 12.7 Å². The second-order valence-electron chi connectivity index (χ2n) is 3.29. The molecule has 0 bridgehead atoms. The molecule has 2 unspecified atom stereocenters. The highest BCUT2D eigenvalue weighted by Gasteiger charge is 2.23. The lowest BCUT2D eigenvalue weighted by molar-refractivity contribution is -0.146. The molecule has 1 rings (SSSR count). The van der Waals surface area contributed by atoms with Crippen molar-refractivity contribution in [2.24, 2.45) is 0 Å². The number of rotatable bonds is 3. The first-order valence-electron chi connectivity index (χ1n) is 4.62. The minimum atomic E-state index is -0.332. The highest BCUT2D eigenvalue weighted by atomic mass is 16.5. The van der Waals surface area contributed by atoms with Gasteiger partial charge in [0.15, 0.2) is 0 Å². The van der Waals surface area contributed by atoms with Crippen LogP contribution < -0.4 is 0 Å². The van der Waals surface area contributed by atoms with Crippen LogP contribution in [0.5, 0.6) is 0 Å². The van der Waals surface area contributed by atoms with E-state index in [1.165, 1.54) is 6.08 Å². The van der Waals surface area contributed by atoms with Crippen LogP contribution in [-0.4, -0.2) is 25.3 Å². The maximum atomic E-state index is 10.9. The normalized spacial score (nSPS) is 28.1. The molecule has 3 heteroatoms. The van der Waals surface area contributed by atoms with Gasteiger partial charge in [-0.2, -0.15) is 0 Å². The van der Waals surface area contributed by atoms with Gasteiger partial charge in [0.1, 0.15) is 6.10 Å². The fraction of sp³-hybridized carbons (Fsp3) is 0.700. The summed E-state index contributed by atoms with van der Waals surface area (Å²) in [7, 11) is 1.70. The smallest absolute Gasteiger partial charge is 0.330 e. The average Bonchev–Trinajstić information content (AvgIpc) is 2.18. The van der Waals surface area contributed by atoms with Crippen LogP contribution in [0.2, 0.25) is 0 Å². The maximum absolute atomic E-state index is 10.9. The third kappa shape index (κ3) is 3.19. The first-order valence-corrected chi connectivity index (χ1v) is 4.62. The third-order valence-electron chi connectivity index (χ3n) is 2.36. The standard InChI is InChI=1S/C10H16O3/c1-3-10(11)13-9-6-4-5-8(7-9)12-2/h3,8-9H,1,4-7H2,2H3. The van der Waals surface area contributed by atoms with E-state index >= 15 is 0 Å². The van der Waals surface area contributed by atoms with Gasteiger partial charge >= 0.3 is 5.97 Å². The van der Waals surface area contributed by atoms with Gasteiger partial charge < -0.3 is 9.47 Å². The molecule has 0 heterocycles. The highest BCUT2D eigenvalue weighted by molar-refractivity contribution is 5.81. The molecule has 0 aromatic heterocycles. The van der Waals surface area contributed by atoms with E-state index in [9.17, 15) is 4.79 Å². The fourth-order valence-corrected chi connectivity index (χ4v) is 1.64. The first kappa shape index (κ1) is 10.3. The van der Waals surface area contributed by atoms with Gasteiger partial charge in [-0.25, -0.2) is 4.79 Å². The summed E-state index contributed by atoms with van der Waals surface area (Å²) in [6.45, 7) is 3.36. The molecule has 1 aliphatic carbocycles. The van der Waals surface area contributed by atoms with E-state index in [2.05, 4.69) is 6.58 Å². The largest absolute Gasteiger partial charge is 0.459 e. The van der Waals surface area contributed by atoms with Gasteiger partial charge in [0.05, 0.1) is 6.10 Å². The van der Waals surface area contributed by atoms with Crippen LogP contribution in [0.1, 0.15) is 25.7 Å². The molecule has 0 aromatic rings. The zero-order chi connectivity index (χ0) is 9.68. The van der Waals surface area contributed by atoms with Gasteiger partial charge in [-0.15, -0.1) is 0 Å². The van der Waals surface area contributed by atoms with Crippen LogP contribution in [0.25, 0.3) is 0 Å². The Balaban J connectivity index is 2.33. The van der Waals surface area contributed by atoms with E-state index in [1.54, 1.807) is 7.11 Å². The zero-order valence-corrected chi connectivity index (χ0v) is 7.99. The number of hydrogen-bond donors (Lipinski definition) is 0. The lowest BCUT2D eigenvalue weighted by Gasteiger charge is -2.27. The Kier molecular flexibility index (Phi) is 3.96. The van der Waals surface area contributed by atoms with Crippen LogP contribution >= 0.6 is 0 Å². The number of hydrogen-bond acceptors (Lipinski definition) is 3. The number of methoxy groups -OCH3 is 1. The molecule has 2 atom stereocenters.